The Hall–Kier alpha value is -3.08. The monoisotopic (exact) mass is 344 g/mol. The van der Waals surface area contributed by atoms with Crippen LogP contribution in [0.5, 0.6) is 0 Å². The van der Waals surface area contributed by atoms with Crippen LogP contribution in [0.15, 0.2) is 54.9 Å². The van der Waals surface area contributed by atoms with Crippen LogP contribution in [0.1, 0.15) is 46.1 Å². The predicted octanol–water partition coefficient (Wildman–Crippen LogP) is 3.65. The first-order chi connectivity index (χ1) is 12.7. The second-order valence-corrected chi connectivity index (χ2v) is 6.54. The van der Waals surface area contributed by atoms with Gasteiger partial charge in [0.2, 0.25) is 0 Å². The fourth-order valence-electron chi connectivity index (χ4n) is 3.38. The van der Waals surface area contributed by atoms with Crippen molar-refractivity contribution in [3.8, 4) is 11.5 Å². The summed E-state index contributed by atoms with van der Waals surface area (Å²) in [4.78, 5) is 26.2. The third-order valence-corrected chi connectivity index (χ3v) is 4.77. The van der Waals surface area contributed by atoms with E-state index in [1.54, 1.807) is 6.20 Å². The number of hydrogen-bond donors (Lipinski definition) is 1. The van der Waals surface area contributed by atoms with Crippen molar-refractivity contribution in [2.45, 2.75) is 32.2 Å². The molecule has 4 rings (SSSR count). The number of carbonyl (C=O) groups is 1. The Morgan fingerprint density at radius 2 is 1.96 bits per heavy atom. The van der Waals surface area contributed by atoms with Gasteiger partial charge in [-0.25, -0.2) is 9.97 Å². The lowest BCUT2D eigenvalue weighted by Crippen LogP contribution is -2.32. The van der Waals surface area contributed by atoms with Crippen LogP contribution in [0.3, 0.4) is 0 Å². The van der Waals surface area contributed by atoms with Crippen LogP contribution in [0.4, 0.5) is 0 Å². The zero-order chi connectivity index (χ0) is 17.9. The summed E-state index contributed by atoms with van der Waals surface area (Å²) < 4.78 is 0. The van der Waals surface area contributed by atoms with E-state index in [0.717, 1.165) is 41.8 Å². The molecule has 1 N–H and O–H groups in total. The Balaban J connectivity index is 1.60. The molecule has 1 amide bonds. The normalized spacial score (nSPS) is 16.0. The van der Waals surface area contributed by atoms with Gasteiger partial charge in [-0.3, -0.25) is 9.78 Å². The number of fused-ring (bicyclic) bond motifs is 1. The van der Waals surface area contributed by atoms with Gasteiger partial charge in [-0.15, -0.1) is 0 Å². The van der Waals surface area contributed by atoms with Gasteiger partial charge in [0.1, 0.15) is 5.69 Å². The van der Waals surface area contributed by atoms with Gasteiger partial charge in [0.05, 0.1) is 6.04 Å². The molecular formula is C21H20N4O. The first-order valence-electron chi connectivity index (χ1n) is 8.86. The van der Waals surface area contributed by atoms with E-state index < -0.39 is 0 Å². The van der Waals surface area contributed by atoms with Crippen LogP contribution >= 0.6 is 0 Å². The number of amides is 1. The highest BCUT2D eigenvalue weighted by atomic mass is 16.1. The average molecular weight is 344 g/mol. The highest BCUT2D eigenvalue weighted by molar-refractivity contribution is 5.95. The lowest BCUT2D eigenvalue weighted by molar-refractivity contribution is 0.0932. The third kappa shape index (κ3) is 3.20. The molecule has 1 atom stereocenters. The zero-order valence-electron chi connectivity index (χ0n) is 14.6. The Kier molecular flexibility index (Phi) is 4.44. The molecule has 0 aliphatic heterocycles. The van der Waals surface area contributed by atoms with Crippen LogP contribution in [0, 0.1) is 6.92 Å². The van der Waals surface area contributed by atoms with Gasteiger partial charge >= 0.3 is 0 Å². The topological polar surface area (TPSA) is 67.8 Å². The first kappa shape index (κ1) is 16.4. The molecular weight excluding hydrogens is 324 g/mol. The minimum absolute atomic E-state index is 0.0465. The number of carbonyl (C=O) groups excluding carboxylic acids is 1. The molecule has 2 aromatic heterocycles. The maximum absolute atomic E-state index is 12.7. The summed E-state index contributed by atoms with van der Waals surface area (Å²) in [5.41, 5.74) is 4.47. The number of nitrogens with one attached hydrogen (secondary N) is 1. The molecule has 0 fully saturated rings. The second kappa shape index (κ2) is 7.04. The minimum Gasteiger partial charge on any atom is -0.345 e. The molecule has 2 heterocycles. The molecule has 1 aliphatic carbocycles. The summed E-state index contributed by atoms with van der Waals surface area (Å²) in [7, 11) is 0. The fourth-order valence-corrected chi connectivity index (χ4v) is 3.38. The van der Waals surface area contributed by atoms with Gasteiger partial charge in [-0.05, 0) is 49.9 Å². The van der Waals surface area contributed by atoms with E-state index in [-0.39, 0.29) is 11.9 Å². The van der Waals surface area contributed by atoms with Crippen molar-refractivity contribution in [2.24, 2.45) is 0 Å². The summed E-state index contributed by atoms with van der Waals surface area (Å²) in [6, 6.07) is 13.3. The first-order valence-corrected chi connectivity index (χ1v) is 8.86. The number of pyridine rings is 1. The van der Waals surface area contributed by atoms with Gasteiger partial charge in [0.15, 0.2) is 5.82 Å². The largest absolute Gasteiger partial charge is 0.345 e. The predicted molar refractivity (Wildman–Crippen MR) is 99.6 cm³/mol. The van der Waals surface area contributed by atoms with Crippen molar-refractivity contribution in [3.63, 3.8) is 0 Å². The maximum atomic E-state index is 12.7. The molecule has 0 bridgehead atoms. The molecule has 5 heteroatoms. The number of aromatic nitrogens is 3. The Morgan fingerprint density at radius 1 is 1.12 bits per heavy atom. The summed E-state index contributed by atoms with van der Waals surface area (Å²) in [6.45, 7) is 1.95. The van der Waals surface area contributed by atoms with E-state index in [2.05, 4.69) is 15.3 Å². The van der Waals surface area contributed by atoms with Crippen LogP contribution < -0.4 is 5.32 Å². The summed E-state index contributed by atoms with van der Waals surface area (Å²) in [5.74, 6) is 0.588. The Bertz CT molecular complexity index is 940. The van der Waals surface area contributed by atoms with Crippen molar-refractivity contribution in [1.29, 1.82) is 0 Å². The van der Waals surface area contributed by atoms with Gasteiger partial charge in [0, 0.05) is 29.2 Å². The molecule has 3 aromatic rings. The van der Waals surface area contributed by atoms with Gasteiger partial charge < -0.3 is 5.32 Å². The molecule has 0 saturated heterocycles. The molecule has 0 radical (unpaired) electrons. The molecule has 26 heavy (non-hydrogen) atoms. The van der Waals surface area contributed by atoms with Crippen molar-refractivity contribution in [3.05, 3.63) is 77.2 Å². The highest BCUT2D eigenvalue weighted by Gasteiger charge is 2.25. The molecule has 0 unspecified atom stereocenters. The van der Waals surface area contributed by atoms with Crippen LogP contribution in [0.2, 0.25) is 0 Å². The van der Waals surface area contributed by atoms with E-state index in [4.69, 9.17) is 4.98 Å². The quantitative estimate of drug-likeness (QED) is 0.787. The molecule has 0 saturated carbocycles. The maximum Gasteiger partial charge on any atom is 0.252 e. The minimum atomic E-state index is -0.0522. The van der Waals surface area contributed by atoms with Gasteiger partial charge in [-0.1, -0.05) is 24.3 Å². The van der Waals surface area contributed by atoms with Crippen molar-refractivity contribution < 1.29 is 4.79 Å². The summed E-state index contributed by atoms with van der Waals surface area (Å²) in [5, 5.41) is 3.16. The van der Waals surface area contributed by atoms with Crippen LogP contribution in [-0.4, -0.2) is 20.9 Å². The number of nitrogens with zero attached hydrogens (tertiary/aromatic N) is 3. The van der Waals surface area contributed by atoms with E-state index in [1.807, 2.05) is 55.6 Å². The lowest BCUT2D eigenvalue weighted by atomic mass is 9.92. The number of aryl methyl sites for hydroxylation is 2. The van der Waals surface area contributed by atoms with E-state index in [9.17, 15) is 4.79 Å². The van der Waals surface area contributed by atoms with Crippen LogP contribution in [0.25, 0.3) is 11.5 Å². The molecule has 5 nitrogen and oxygen atoms in total. The van der Waals surface area contributed by atoms with Crippen molar-refractivity contribution >= 4 is 5.91 Å². The third-order valence-electron chi connectivity index (χ3n) is 4.77. The second-order valence-electron chi connectivity index (χ2n) is 6.54. The highest BCUT2D eigenvalue weighted by Crippen LogP contribution is 2.29. The van der Waals surface area contributed by atoms with Gasteiger partial charge in [-0.2, -0.15) is 0 Å². The van der Waals surface area contributed by atoms with Crippen LogP contribution in [-0.2, 0) is 6.42 Å². The van der Waals surface area contributed by atoms with E-state index >= 15 is 0 Å². The number of rotatable bonds is 3. The summed E-state index contributed by atoms with van der Waals surface area (Å²) in [6.07, 6.45) is 6.37. The van der Waals surface area contributed by atoms with Crippen molar-refractivity contribution in [2.75, 3.05) is 0 Å². The smallest absolute Gasteiger partial charge is 0.252 e. The molecule has 1 aliphatic rings. The Labute approximate surface area is 152 Å². The average Bonchev–Trinajstić information content (AvgIpc) is 2.69. The van der Waals surface area contributed by atoms with E-state index in [1.165, 1.54) is 0 Å². The molecule has 130 valence electrons. The lowest BCUT2D eigenvalue weighted by Gasteiger charge is -2.25. The van der Waals surface area contributed by atoms with E-state index in [0.29, 0.717) is 11.4 Å². The zero-order valence-corrected chi connectivity index (χ0v) is 14.6. The molecule has 0 spiro atoms. The standard InChI is InChI=1S/C21H20N4O/c1-14-7-2-3-8-15(14)21(26)25-18-11-6-10-17-16(18)13-23-20(24-17)19-9-4-5-12-22-19/h2-5,7-9,12-13,18H,6,10-11H2,1H3,(H,25,26)/t18-/m1/s1. The molecule has 1 aromatic carbocycles. The Morgan fingerprint density at radius 3 is 2.77 bits per heavy atom. The SMILES string of the molecule is Cc1ccccc1C(=O)N[C@@H]1CCCc2nc(-c3ccccn3)ncc21. The fraction of sp³-hybridized carbons (Fsp3) is 0.238. The van der Waals surface area contributed by atoms with Gasteiger partial charge in [0.25, 0.3) is 5.91 Å². The number of hydrogen-bond acceptors (Lipinski definition) is 4. The summed E-state index contributed by atoms with van der Waals surface area (Å²) >= 11 is 0. The van der Waals surface area contributed by atoms with Crippen molar-refractivity contribution in [1.82, 2.24) is 20.3 Å². The number of benzene rings is 1.